The summed E-state index contributed by atoms with van der Waals surface area (Å²) in [6, 6.07) is 1.46. The van der Waals surface area contributed by atoms with Gasteiger partial charge in [0.15, 0.2) is 11.6 Å². The molecule has 1 aromatic carbocycles. The lowest BCUT2D eigenvalue weighted by Gasteiger charge is -2.30. The first-order chi connectivity index (χ1) is 9.97. The van der Waals surface area contributed by atoms with Gasteiger partial charge >= 0.3 is 0 Å². The van der Waals surface area contributed by atoms with Crippen LogP contribution in [0, 0.1) is 27.7 Å². The van der Waals surface area contributed by atoms with Gasteiger partial charge in [0.25, 0.3) is 5.69 Å². The van der Waals surface area contributed by atoms with E-state index in [4.69, 9.17) is 0 Å². The Hall–Kier alpha value is -1.76. The Balaban J connectivity index is 1.90. The van der Waals surface area contributed by atoms with Crippen LogP contribution in [-0.4, -0.2) is 36.0 Å². The first-order valence-electron chi connectivity index (χ1n) is 7.07. The quantitative estimate of drug-likeness (QED) is 0.670. The highest BCUT2D eigenvalue weighted by atomic mass is 19.1. The molecule has 1 aliphatic heterocycles. The zero-order chi connectivity index (χ0) is 15.4. The van der Waals surface area contributed by atoms with Gasteiger partial charge in [-0.15, -0.1) is 0 Å². The normalized spacial score (nSPS) is 16.9. The average molecular weight is 299 g/mol. The number of anilines is 1. The third kappa shape index (κ3) is 4.10. The number of likely N-dealkylation sites (tertiary alicyclic amines) is 1. The molecule has 5 nitrogen and oxygen atoms in total. The summed E-state index contributed by atoms with van der Waals surface area (Å²) in [5, 5.41) is 13.2. The standard InChI is InChI=1S/C14H19F2N3O2/c1-10-2-5-18(6-3-10)7-4-17-14-12(15)8-11(19(20)21)9-13(14)16/h8-10,17H,2-7H2,1H3. The van der Waals surface area contributed by atoms with E-state index < -0.39 is 22.2 Å². The van der Waals surface area contributed by atoms with Gasteiger partial charge in [-0.2, -0.15) is 0 Å². The molecule has 0 aliphatic carbocycles. The van der Waals surface area contributed by atoms with Gasteiger partial charge in [-0.3, -0.25) is 10.1 Å². The van der Waals surface area contributed by atoms with E-state index in [0.717, 1.165) is 44.0 Å². The molecule has 1 saturated heterocycles. The number of nitro groups is 1. The van der Waals surface area contributed by atoms with Crippen molar-refractivity contribution in [3.8, 4) is 0 Å². The minimum atomic E-state index is -0.936. The van der Waals surface area contributed by atoms with Gasteiger partial charge in [0.1, 0.15) is 5.69 Å². The maximum Gasteiger partial charge on any atom is 0.275 e. The largest absolute Gasteiger partial charge is 0.379 e. The number of halogens is 2. The summed E-state index contributed by atoms with van der Waals surface area (Å²) in [6.45, 7) is 5.31. The fourth-order valence-corrected chi connectivity index (χ4v) is 2.46. The van der Waals surface area contributed by atoms with E-state index >= 15 is 0 Å². The molecular formula is C14H19F2N3O2. The highest BCUT2D eigenvalue weighted by Crippen LogP contribution is 2.24. The maximum absolute atomic E-state index is 13.7. The minimum absolute atomic E-state index is 0.300. The van der Waals surface area contributed by atoms with Crippen molar-refractivity contribution in [2.45, 2.75) is 19.8 Å². The third-order valence-corrected chi connectivity index (χ3v) is 3.84. The van der Waals surface area contributed by atoms with Crippen molar-refractivity contribution >= 4 is 11.4 Å². The van der Waals surface area contributed by atoms with Gasteiger partial charge < -0.3 is 10.2 Å². The van der Waals surface area contributed by atoms with Crippen LogP contribution in [0.1, 0.15) is 19.8 Å². The summed E-state index contributed by atoms with van der Waals surface area (Å²) in [5.41, 5.74) is -0.883. The summed E-state index contributed by atoms with van der Waals surface area (Å²) < 4.78 is 27.3. The summed E-state index contributed by atoms with van der Waals surface area (Å²) in [5.74, 6) is -1.14. The fraction of sp³-hybridized carbons (Fsp3) is 0.571. The van der Waals surface area contributed by atoms with Crippen molar-refractivity contribution in [3.63, 3.8) is 0 Å². The van der Waals surface area contributed by atoms with Gasteiger partial charge in [-0.25, -0.2) is 8.78 Å². The lowest BCUT2D eigenvalue weighted by atomic mass is 9.99. The minimum Gasteiger partial charge on any atom is -0.379 e. The van der Waals surface area contributed by atoms with Gasteiger partial charge in [-0.1, -0.05) is 6.92 Å². The van der Waals surface area contributed by atoms with E-state index in [0.29, 0.717) is 13.1 Å². The molecule has 0 unspecified atom stereocenters. The van der Waals surface area contributed by atoms with Crippen molar-refractivity contribution in [1.29, 1.82) is 0 Å². The topological polar surface area (TPSA) is 58.4 Å². The van der Waals surface area contributed by atoms with Crippen LogP contribution < -0.4 is 5.32 Å². The number of hydrogen-bond acceptors (Lipinski definition) is 4. The number of nitrogens with zero attached hydrogens (tertiary/aromatic N) is 2. The van der Waals surface area contributed by atoms with Crippen LogP contribution in [-0.2, 0) is 0 Å². The zero-order valence-electron chi connectivity index (χ0n) is 11.9. The Morgan fingerprint density at radius 1 is 1.33 bits per heavy atom. The van der Waals surface area contributed by atoms with Gasteiger partial charge in [0, 0.05) is 13.1 Å². The summed E-state index contributed by atoms with van der Waals surface area (Å²) >= 11 is 0. The molecule has 0 saturated carbocycles. The van der Waals surface area contributed by atoms with E-state index in [1.165, 1.54) is 0 Å². The molecule has 1 aliphatic rings. The Morgan fingerprint density at radius 2 is 1.90 bits per heavy atom. The van der Waals surface area contributed by atoms with E-state index in [2.05, 4.69) is 17.1 Å². The Morgan fingerprint density at radius 3 is 2.43 bits per heavy atom. The Labute approximate surface area is 122 Å². The second-order valence-electron chi connectivity index (χ2n) is 5.49. The molecule has 0 radical (unpaired) electrons. The molecule has 2 rings (SSSR count). The van der Waals surface area contributed by atoms with Crippen molar-refractivity contribution in [3.05, 3.63) is 33.9 Å². The van der Waals surface area contributed by atoms with Crippen LogP contribution in [0.4, 0.5) is 20.2 Å². The van der Waals surface area contributed by atoms with Crippen LogP contribution in [0.2, 0.25) is 0 Å². The Kier molecular flexibility index (Phi) is 5.06. The monoisotopic (exact) mass is 299 g/mol. The first-order valence-corrected chi connectivity index (χ1v) is 7.07. The second-order valence-corrected chi connectivity index (χ2v) is 5.49. The molecule has 1 fully saturated rings. The van der Waals surface area contributed by atoms with Gasteiger partial charge in [-0.05, 0) is 31.8 Å². The van der Waals surface area contributed by atoms with Crippen LogP contribution in [0.15, 0.2) is 12.1 Å². The fourth-order valence-electron chi connectivity index (χ4n) is 2.46. The van der Waals surface area contributed by atoms with E-state index in [-0.39, 0.29) is 5.69 Å². The summed E-state index contributed by atoms with van der Waals surface area (Å²) in [4.78, 5) is 11.9. The van der Waals surface area contributed by atoms with Crippen molar-refractivity contribution in [1.82, 2.24) is 4.90 Å². The lowest BCUT2D eigenvalue weighted by Crippen LogP contribution is -2.36. The first kappa shape index (κ1) is 15.6. The molecule has 116 valence electrons. The number of nitrogens with one attached hydrogen (secondary N) is 1. The zero-order valence-corrected chi connectivity index (χ0v) is 11.9. The summed E-state index contributed by atoms with van der Waals surface area (Å²) in [6.07, 6.45) is 2.28. The molecule has 0 bridgehead atoms. The highest BCUT2D eigenvalue weighted by Gasteiger charge is 2.18. The average Bonchev–Trinajstić information content (AvgIpc) is 2.43. The van der Waals surface area contributed by atoms with Crippen molar-refractivity contribution < 1.29 is 13.7 Å². The predicted molar refractivity (Wildman–Crippen MR) is 76.3 cm³/mol. The van der Waals surface area contributed by atoms with Crippen LogP contribution >= 0.6 is 0 Å². The van der Waals surface area contributed by atoms with E-state index in [1.807, 2.05) is 0 Å². The van der Waals surface area contributed by atoms with Gasteiger partial charge in [0.05, 0.1) is 17.1 Å². The third-order valence-electron chi connectivity index (χ3n) is 3.84. The number of rotatable bonds is 5. The number of non-ortho nitro benzene ring substituents is 1. The van der Waals surface area contributed by atoms with Gasteiger partial charge in [0.2, 0.25) is 0 Å². The molecule has 1 heterocycles. The molecule has 1 aromatic rings. The number of benzene rings is 1. The molecule has 1 N–H and O–H groups in total. The highest BCUT2D eigenvalue weighted by molar-refractivity contribution is 5.51. The van der Waals surface area contributed by atoms with E-state index in [9.17, 15) is 18.9 Å². The summed E-state index contributed by atoms with van der Waals surface area (Å²) in [7, 11) is 0. The smallest absolute Gasteiger partial charge is 0.275 e. The lowest BCUT2D eigenvalue weighted by molar-refractivity contribution is -0.385. The second kappa shape index (κ2) is 6.80. The van der Waals surface area contributed by atoms with Crippen LogP contribution in [0.5, 0.6) is 0 Å². The molecule has 7 heteroatoms. The molecule has 0 aromatic heterocycles. The molecule has 0 spiro atoms. The SMILES string of the molecule is CC1CCN(CCNc2c(F)cc([N+](=O)[O-])cc2F)CC1. The Bertz CT molecular complexity index is 494. The molecular weight excluding hydrogens is 280 g/mol. The van der Waals surface area contributed by atoms with Crippen LogP contribution in [0.3, 0.4) is 0 Å². The maximum atomic E-state index is 13.7. The molecule has 21 heavy (non-hydrogen) atoms. The van der Waals surface area contributed by atoms with Crippen molar-refractivity contribution in [2.24, 2.45) is 5.92 Å². The molecule has 0 atom stereocenters. The molecule has 0 amide bonds. The van der Waals surface area contributed by atoms with Crippen LogP contribution in [0.25, 0.3) is 0 Å². The number of nitro benzene ring substituents is 1. The van der Waals surface area contributed by atoms with Crippen molar-refractivity contribution in [2.75, 3.05) is 31.5 Å². The predicted octanol–water partition coefficient (Wildman–Crippen LogP) is 3.02. The van der Waals surface area contributed by atoms with E-state index in [1.54, 1.807) is 0 Å². The number of hydrogen-bond donors (Lipinski definition) is 1. The number of piperidine rings is 1.